The lowest BCUT2D eigenvalue weighted by Gasteiger charge is -2.15. The predicted octanol–water partition coefficient (Wildman–Crippen LogP) is 4.60. The first-order chi connectivity index (χ1) is 8.60. The maximum Gasteiger partial charge on any atom is 0.0542 e. The van der Waals surface area contributed by atoms with Crippen molar-refractivity contribution in [2.75, 3.05) is 5.32 Å². The summed E-state index contributed by atoms with van der Waals surface area (Å²) < 4.78 is 4.05. The molecule has 96 valence electrons. The van der Waals surface area contributed by atoms with Crippen LogP contribution in [-0.2, 0) is 6.54 Å². The molecule has 0 amide bonds. The first kappa shape index (κ1) is 13.6. The van der Waals surface area contributed by atoms with Crippen molar-refractivity contribution in [3.63, 3.8) is 0 Å². The highest BCUT2D eigenvalue weighted by Crippen LogP contribution is 2.29. The molecule has 1 aromatic heterocycles. The molecule has 1 aromatic carbocycles. The highest BCUT2D eigenvalue weighted by atomic mass is 79.9. The number of halogens is 2. The Morgan fingerprint density at radius 1 is 1.39 bits per heavy atom. The number of anilines is 1. The van der Waals surface area contributed by atoms with Crippen LogP contribution in [0.3, 0.4) is 0 Å². The Hall–Kier alpha value is -0.810. The Bertz CT molecular complexity index is 537. The molecule has 1 atom stereocenters. The van der Waals surface area contributed by atoms with Crippen LogP contribution in [0.2, 0.25) is 0 Å². The van der Waals surface area contributed by atoms with Crippen LogP contribution >= 0.6 is 31.9 Å². The fourth-order valence-corrected chi connectivity index (χ4v) is 2.42. The summed E-state index contributed by atoms with van der Waals surface area (Å²) in [5.41, 5.74) is 2.25. The van der Waals surface area contributed by atoms with E-state index in [2.05, 4.69) is 68.4 Å². The van der Waals surface area contributed by atoms with Crippen LogP contribution in [0.5, 0.6) is 0 Å². The van der Waals surface area contributed by atoms with Crippen LogP contribution in [0.25, 0.3) is 0 Å². The lowest BCUT2D eigenvalue weighted by molar-refractivity contribution is 0.658. The van der Waals surface area contributed by atoms with Crippen molar-refractivity contribution in [3.8, 4) is 0 Å². The Balaban J connectivity index is 2.15. The zero-order chi connectivity index (χ0) is 13.1. The molecule has 0 aliphatic rings. The van der Waals surface area contributed by atoms with Gasteiger partial charge in [0.05, 0.1) is 17.9 Å². The number of aryl methyl sites for hydroxylation is 1. The van der Waals surface area contributed by atoms with Crippen molar-refractivity contribution in [1.29, 1.82) is 0 Å². The van der Waals surface area contributed by atoms with E-state index in [1.54, 1.807) is 0 Å². The molecule has 1 heterocycles. The summed E-state index contributed by atoms with van der Waals surface area (Å²) in [5.74, 6) is 0. The molecule has 0 spiro atoms. The quantitative estimate of drug-likeness (QED) is 0.849. The van der Waals surface area contributed by atoms with Gasteiger partial charge in [0.1, 0.15) is 0 Å². The molecule has 0 aliphatic carbocycles. The Morgan fingerprint density at radius 3 is 2.83 bits per heavy atom. The van der Waals surface area contributed by atoms with E-state index >= 15 is 0 Å². The van der Waals surface area contributed by atoms with Crippen LogP contribution in [0.1, 0.15) is 25.5 Å². The van der Waals surface area contributed by atoms with E-state index in [9.17, 15) is 0 Å². The minimum atomic E-state index is 0.218. The minimum absolute atomic E-state index is 0.218. The summed E-state index contributed by atoms with van der Waals surface area (Å²) in [6.07, 6.45) is 3.98. The second-order valence-corrected chi connectivity index (χ2v) is 5.89. The van der Waals surface area contributed by atoms with Crippen molar-refractivity contribution in [2.24, 2.45) is 0 Å². The zero-order valence-corrected chi connectivity index (χ0v) is 13.5. The Labute approximate surface area is 124 Å². The smallest absolute Gasteiger partial charge is 0.0542 e. The number of nitrogens with zero attached hydrogens (tertiary/aromatic N) is 2. The fourth-order valence-electron chi connectivity index (χ4n) is 1.70. The SMILES string of the molecule is CCn1cc(C(C)Nc2cc(Br)ccc2Br)cn1. The molecule has 18 heavy (non-hydrogen) atoms. The van der Waals surface area contributed by atoms with Crippen LogP contribution in [0.4, 0.5) is 5.69 Å². The van der Waals surface area contributed by atoms with Gasteiger partial charge in [0.2, 0.25) is 0 Å². The molecular weight excluding hydrogens is 358 g/mol. The summed E-state index contributed by atoms with van der Waals surface area (Å²) in [7, 11) is 0. The zero-order valence-electron chi connectivity index (χ0n) is 10.3. The largest absolute Gasteiger partial charge is 0.377 e. The minimum Gasteiger partial charge on any atom is -0.377 e. The van der Waals surface area contributed by atoms with E-state index in [1.807, 2.05) is 23.0 Å². The summed E-state index contributed by atoms with van der Waals surface area (Å²) in [6, 6.07) is 6.31. The number of nitrogens with one attached hydrogen (secondary N) is 1. The second kappa shape index (κ2) is 5.89. The maximum atomic E-state index is 4.29. The fraction of sp³-hybridized carbons (Fsp3) is 0.308. The molecule has 2 rings (SSSR count). The van der Waals surface area contributed by atoms with Gasteiger partial charge in [-0.05, 0) is 48.0 Å². The maximum absolute atomic E-state index is 4.29. The molecule has 0 saturated carbocycles. The third kappa shape index (κ3) is 3.14. The first-order valence-electron chi connectivity index (χ1n) is 5.84. The molecule has 0 aliphatic heterocycles. The molecule has 0 bridgehead atoms. The van der Waals surface area contributed by atoms with Gasteiger partial charge in [-0.2, -0.15) is 5.10 Å². The number of hydrogen-bond acceptors (Lipinski definition) is 2. The molecule has 1 N–H and O–H groups in total. The van der Waals surface area contributed by atoms with Gasteiger partial charge in [0, 0.05) is 27.3 Å². The van der Waals surface area contributed by atoms with Crippen molar-refractivity contribution in [2.45, 2.75) is 26.4 Å². The van der Waals surface area contributed by atoms with Gasteiger partial charge >= 0.3 is 0 Å². The summed E-state index contributed by atoms with van der Waals surface area (Å²) in [6.45, 7) is 5.11. The topological polar surface area (TPSA) is 29.9 Å². The third-order valence-corrected chi connectivity index (χ3v) is 3.96. The predicted molar refractivity (Wildman–Crippen MR) is 81.8 cm³/mol. The van der Waals surface area contributed by atoms with Gasteiger partial charge in [0.25, 0.3) is 0 Å². The lowest BCUT2D eigenvalue weighted by Crippen LogP contribution is -2.06. The van der Waals surface area contributed by atoms with Crippen LogP contribution < -0.4 is 5.32 Å². The molecular formula is C13H15Br2N3. The van der Waals surface area contributed by atoms with E-state index in [4.69, 9.17) is 0 Å². The van der Waals surface area contributed by atoms with Gasteiger partial charge in [-0.1, -0.05) is 15.9 Å². The molecule has 2 aromatic rings. The van der Waals surface area contributed by atoms with E-state index in [1.165, 1.54) is 5.56 Å². The van der Waals surface area contributed by atoms with Crippen LogP contribution in [-0.4, -0.2) is 9.78 Å². The third-order valence-electron chi connectivity index (χ3n) is 2.78. The normalized spacial score (nSPS) is 12.4. The summed E-state index contributed by atoms with van der Waals surface area (Å²) in [5, 5.41) is 7.77. The van der Waals surface area contributed by atoms with Gasteiger partial charge in [-0.25, -0.2) is 0 Å². The molecule has 0 radical (unpaired) electrons. The number of rotatable bonds is 4. The van der Waals surface area contributed by atoms with Gasteiger partial charge in [0.15, 0.2) is 0 Å². The lowest BCUT2D eigenvalue weighted by atomic mass is 10.2. The van der Waals surface area contributed by atoms with E-state index in [0.717, 1.165) is 21.2 Å². The summed E-state index contributed by atoms with van der Waals surface area (Å²) >= 11 is 7.03. The van der Waals surface area contributed by atoms with E-state index in [0.29, 0.717) is 0 Å². The van der Waals surface area contributed by atoms with Crippen molar-refractivity contribution in [1.82, 2.24) is 9.78 Å². The highest BCUT2D eigenvalue weighted by molar-refractivity contribution is 9.11. The Kier molecular flexibility index (Phi) is 4.45. The van der Waals surface area contributed by atoms with Gasteiger partial charge in [-0.15, -0.1) is 0 Å². The molecule has 1 unspecified atom stereocenters. The van der Waals surface area contributed by atoms with Crippen molar-refractivity contribution < 1.29 is 0 Å². The average Bonchev–Trinajstić information content (AvgIpc) is 2.82. The number of benzene rings is 1. The second-order valence-electron chi connectivity index (χ2n) is 4.12. The van der Waals surface area contributed by atoms with Crippen LogP contribution in [0.15, 0.2) is 39.5 Å². The summed E-state index contributed by atoms with van der Waals surface area (Å²) in [4.78, 5) is 0. The number of aromatic nitrogens is 2. The highest BCUT2D eigenvalue weighted by Gasteiger charge is 2.09. The van der Waals surface area contributed by atoms with Gasteiger partial charge in [-0.3, -0.25) is 4.68 Å². The average molecular weight is 373 g/mol. The van der Waals surface area contributed by atoms with Gasteiger partial charge < -0.3 is 5.32 Å². The molecule has 0 saturated heterocycles. The number of hydrogen-bond donors (Lipinski definition) is 1. The molecule has 3 nitrogen and oxygen atoms in total. The van der Waals surface area contributed by atoms with Crippen molar-refractivity contribution in [3.05, 3.63) is 45.1 Å². The standard InChI is InChI=1S/C13H15Br2N3/c1-3-18-8-10(7-16-18)9(2)17-13-6-11(14)4-5-12(13)15/h4-9,17H,3H2,1-2H3. The van der Waals surface area contributed by atoms with Crippen molar-refractivity contribution >= 4 is 37.5 Å². The molecule has 0 fully saturated rings. The van der Waals surface area contributed by atoms with E-state index in [-0.39, 0.29) is 6.04 Å². The molecule has 5 heteroatoms. The van der Waals surface area contributed by atoms with E-state index < -0.39 is 0 Å². The first-order valence-corrected chi connectivity index (χ1v) is 7.42. The monoisotopic (exact) mass is 371 g/mol. The van der Waals surface area contributed by atoms with Crippen LogP contribution in [0, 0.1) is 0 Å². The Morgan fingerprint density at radius 2 is 2.17 bits per heavy atom.